The van der Waals surface area contributed by atoms with Crippen molar-refractivity contribution in [1.82, 2.24) is 4.57 Å². The number of hydrogen-bond acceptors (Lipinski definition) is 2. The molecule has 0 spiro atoms. The van der Waals surface area contributed by atoms with Gasteiger partial charge >= 0.3 is 5.97 Å². The minimum atomic E-state index is -0.844. The van der Waals surface area contributed by atoms with E-state index in [-0.39, 0.29) is 5.41 Å². The molecule has 2 rings (SSSR count). The Labute approximate surface area is 106 Å². The van der Waals surface area contributed by atoms with Crippen molar-refractivity contribution >= 4 is 22.6 Å². The molecule has 0 aliphatic heterocycles. The quantitative estimate of drug-likeness (QED) is 0.800. The number of aliphatic carboxylic acids is 1. The summed E-state index contributed by atoms with van der Waals surface area (Å²) in [7, 11) is 0. The van der Waals surface area contributed by atoms with E-state index in [4.69, 9.17) is 5.73 Å². The third-order valence-corrected chi connectivity index (χ3v) is 3.10. The van der Waals surface area contributed by atoms with Crippen LogP contribution in [0.1, 0.15) is 26.8 Å². The average Bonchev–Trinajstić information content (AvgIpc) is 2.60. The van der Waals surface area contributed by atoms with E-state index in [2.05, 4.69) is 0 Å². The number of nitrogens with zero attached hydrogens (tertiary/aromatic N) is 1. The van der Waals surface area contributed by atoms with Crippen molar-refractivity contribution in [3.05, 3.63) is 30.5 Å². The smallest absolute Gasteiger partial charge is 0.327 e. The van der Waals surface area contributed by atoms with Gasteiger partial charge in [-0.1, -0.05) is 32.9 Å². The fourth-order valence-corrected chi connectivity index (χ4v) is 2.37. The minimum absolute atomic E-state index is 0.389. The van der Waals surface area contributed by atoms with E-state index in [1.165, 1.54) is 0 Å². The molecule has 1 atom stereocenters. The summed E-state index contributed by atoms with van der Waals surface area (Å²) >= 11 is 0. The summed E-state index contributed by atoms with van der Waals surface area (Å²) in [6, 6.07) is 6.85. The number of carboxylic acids is 1. The number of anilines is 1. The molecule has 0 saturated heterocycles. The molecule has 4 nitrogen and oxygen atoms in total. The molecule has 2 aromatic rings. The molecule has 1 unspecified atom stereocenters. The molecule has 0 aliphatic rings. The third-order valence-electron chi connectivity index (χ3n) is 3.10. The van der Waals surface area contributed by atoms with Crippen LogP contribution in [0.2, 0.25) is 0 Å². The molecule has 0 aliphatic carbocycles. The van der Waals surface area contributed by atoms with E-state index in [1.807, 2.05) is 39.0 Å². The van der Waals surface area contributed by atoms with Crippen LogP contribution in [0.5, 0.6) is 0 Å². The number of benzene rings is 1. The molecule has 1 heterocycles. The van der Waals surface area contributed by atoms with Gasteiger partial charge in [0, 0.05) is 11.6 Å². The monoisotopic (exact) mass is 246 g/mol. The van der Waals surface area contributed by atoms with Crippen LogP contribution in [0, 0.1) is 5.41 Å². The fourth-order valence-electron chi connectivity index (χ4n) is 2.37. The lowest BCUT2D eigenvalue weighted by Crippen LogP contribution is -2.31. The summed E-state index contributed by atoms with van der Waals surface area (Å²) < 4.78 is 1.76. The van der Waals surface area contributed by atoms with Gasteiger partial charge in [0.2, 0.25) is 0 Å². The molecule has 1 aromatic carbocycles. The molecule has 0 bridgehead atoms. The van der Waals surface area contributed by atoms with Gasteiger partial charge in [-0.3, -0.25) is 0 Å². The van der Waals surface area contributed by atoms with Crippen LogP contribution < -0.4 is 5.73 Å². The van der Waals surface area contributed by atoms with Crippen molar-refractivity contribution < 1.29 is 9.90 Å². The van der Waals surface area contributed by atoms with Crippen molar-refractivity contribution in [2.45, 2.75) is 26.8 Å². The van der Waals surface area contributed by atoms with Gasteiger partial charge in [0.25, 0.3) is 0 Å². The molecule has 0 fully saturated rings. The molecular formula is C14H18N2O2. The number of fused-ring (bicyclic) bond motifs is 1. The second-order valence-corrected chi connectivity index (χ2v) is 5.61. The highest BCUT2D eigenvalue weighted by Gasteiger charge is 2.33. The molecule has 3 N–H and O–H groups in total. The van der Waals surface area contributed by atoms with Crippen molar-refractivity contribution in [2.75, 3.05) is 5.73 Å². The number of aromatic nitrogens is 1. The topological polar surface area (TPSA) is 68.2 Å². The highest BCUT2D eigenvalue weighted by molar-refractivity contribution is 5.92. The van der Waals surface area contributed by atoms with Gasteiger partial charge in [-0.05, 0) is 17.5 Å². The number of para-hydroxylation sites is 1. The second-order valence-electron chi connectivity index (χ2n) is 5.61. The molecule has 4 heteroatoms. The third kappa shape index (κ3) is 1.94. The number of nitrogens with two attached hydrogens (primary N) is 1. The summed E-state index contributed by atoms with van der Waals surface area (Å²) in [5.41, 5.74) is 6.98. The first-order valence-corrected chi connectivity index (χ1v) is 5.90. The van der Waals surface area contributed by atoms with Crippen molar-refractivity contribution in [1.29, 1.82) is 0 Å². The van der Waals surface area contributed by atoms with Crippen LogP contribution in [0.3, 0.4) is 0 Å². The lowest BCUT2D eigenvalue weighted by molar-refractivity contribution is -0.144. The van der Waals surface area contributed by atoms with Crippen LogP contribution in [-0.2, 0) is 4.79 Å². The van der Waals surface area contributed by atoms with Gasteiger partial charge in [-0.2, -0.15) is 0 Å². The summed E-state index contributed by atoms with van der Waals surface area (Å²) in [5.74, 6) is -0.844. The van der Waals surface area contributed by atoms with Gasteiger partial charge in [0.05, 0.1) is 11.2 Å². The number of carboxylic acid groups (broad SMARTS) is 1. The van der Waals surface area contributed by atoms with Crippen molar-refractivity contribution in [3.8, 4) is 0 Å². The Morgan fingerprint density at radius 2 is 2.00 bits per heavy atom. The number of nitrogen functional groups attached to an aromatic ring is 1. The van der Waals surface area contributed by atoms with E-state index in [9.17, 15) is 9.90 Å². The van der Waals surface area contributed by atoms with Crippen molar-refractivity contribution in [2.24, 2.45) is 5.41 Å². The van der Waals surface area contributed by atoms with Gasteiger partial charge in [0.1, 0.15) is 6.04 Å². The van der Waals surface area contributed by atoms with Crippen LogP contribution in [0.25, 0.3) is 10.9 Å². The Bertz CT molecular complexity index is 593. The van der Waals surface area contributed by atoms with Crippen LogP contribution in [-0.4, -0.2) is 15.6 Å². The van der Waals surface area contributed by atoms with Crippen molar-refractivity contribution in [3.63, 3.8) is 0 Å². The summed E-state index contributed by atoms with van der Waals surface area (Å²) in [6.07, 6.45) is 1.80. The van der Waals surface area contributed by atoms with E-state index >= 15 is 0 Å². The number of hydrogen-bond donors (Lipinski definition) is 2. The normalized spacial score (nSPS) is 13.7. The van der Waals surface area contributed by atoms with Crippen LogP contribution in [0.15, 0.2) is 30.5 Å². The van der Waals surface area contributed by atoms with Crippen LogP contribution in [0.4, 0.5) is 5.69 Å². The summed E-state index contributed by atoms with van der Waals surface area (Å²) in [5, 5.41) is 10.4. The zero-order valence-electron chi connectivity index (χ0n) is 10.8. The minimum Gasteiger partial charge on any atom is -0.480 e. The van der Waals surface area contributed by atoms with Gasteiger partial charge in [0.15, 0.2) is 0 Å². The first kappa shape index (κ1) is 12.5. The van der Waals surface area contributed by atoms with Gasteiger partial charge in [-0.15, -0.1) is 0 Å². The van der Waals surface area contributed by atoms with E-state index < -0.39 is 12.0 Å². The Balaban J connectivity index is 2.70. The molecular weight excluding hydrogens is 228 g/mol. The van der Waals surface area contributed by atoms with E-state index in [0.29, 0.717) is 5.69 Å². The highest BCUT2D eigenvalue weighted by Crippen LogP contribution is 2.35. The lowest BCUT2D eigenvalue weighted by atomic mass is 9.86. The number of rotatable bonds is 2. The number of carbonyl (C=O) groups is 1. The maximum Gasteiger partial charge on any atom is 0.327 e. The van der Waals surface area contributed by atoms with E-state index in [1.54, 1.807) is 16.8 Å². The zero-order valence-corrected chi connectivity index (χ0v) is 10.8. The maximum atomic E-state index is 11.5. The zero-order chi connectivity index (χ0) is 13.5. The van der Waals surface area contributed by atoms with Gasteiger partial charge < -0.3 is 15.4 Å². The Morgan fingerprint density at radius 1 is 1.33 bits per heavy atom. The van der Waals surface area contributed by atoms with Gasteiger partial charge in [-0.25, -0.2) is 4.79 Å². The molecule has 1 aromatic heterocycles. The van der Waals surface area contributed by atoms with Crippen LogP contribution >= 0.6 is 0 Å². The molecule has 0 saturated carbocycles. The Kier molecular flexibility index (Phi) is 2.81. The lowest BCUT2D eigenvalue weighted by Gasteiger charge is -2.29. The Morgan fingerprint density at radius 3 is 2.56 bits per heavy atom. The van der Waals surface area contributed by atoms with E-state index in [0.717, 1.165) is 10.9 Å². The summed E-state index contributed by atoms with van der Waals surface area (Å²) in [6.45, 7) is 5.74. The maximum absolute atomic E-state index is 11.5. The average molecular weight is 246 g/mol. The summed E-state index contributed by atoms with van der Waals surface area (Å²) in [4.78, 5) is 11.5. The molecule has 0 radical (unpaired) electrons. The Hall–Kier alpha value is -1.97. The fraction of sp³-hybridized carbons (Fsp3) is 0.357. The first-order valence-electron chi connectivity index (χ1n) is 5.90. The molecule has 0 amide bonds. The highest BCUT2D eigenvalue weighted by atomic mass is 16.4. The first-order chi connectivity index (χ1) is 8.32. The second kappa shape index (κ2) is 4.05. The predicted octanol–water partition coefficient (Wildman–Crippen LogP) is 2.90. The SMILES string of the molecule is CC(C)(C)C(C(=O)O)n1ccc2cccc(N)c21. The molecule has 96 valence electrons. The standard InChI is InChI=1S/C14H18N2O2/c1-14(2,3)12(13(17)18)16-8-7-9-5-4-6-10(15)11(9)16/h4-8,12H,15H2,1-3H3,(H,17,18). The predicted molar refractivity (Wildman–Crippen MR) is 72.5 cm³/mol. The molecule has 18 heavy (non-hydrogen) atoms. The largest absolute Gasteiger partial charge is 0.480 e.